The molecule has 0 heterocycles. The molecular formula is C16H24ClN. The third-order valence-corrected chi connectivity index (χ3v) is 4.31. The van der Waals surface area contributed by atoms with E-state index in [1.165, 1.54) is 24.0 Å². The lowest BCUT2D eigenvalue weighted by Crippen LogP contribution is -2.37. The third-order valence-electron chi connectivity index (χ3n) is 4.07. The molecule has 1 aliphatic carbocycles. The van der Waals surface area contributed by atoms with Crippen LogP contribution in [0.25, 0.3) is 0 Å². The Labute approximate surface area is 116 Å². The highest BCUT2D eigenvalue weighted by molar-refractivity contribution is 6.30. The molecule has 1 nitrogen and oxygen atoms in total. The molecule has 1 aromatic rings. The normalized spacial score (nSPS) is 21.7. The average molecular weight is 266 g/mol. The van der Waals surface area contributed by atoms with Gasteiger partial charge in [-0.25, -0.2) is 0 Å². The van der Waals surface area contributed by atoms with Crippen LogP contribution >= 0.6 is 11.6 Å². The molecule has 1 aromatic carbocycles. The van der Waals surface area contributed by atoms with E-state index in [2.05, 4.69) is 38.2 Å². The number of hydrogen-bond donors (Lipinski definition) is 1. The zero-order valence-electron chi connectivity index (χ0n) is 11.7. The molecule has 0 bridgehead atoms. The van der Waals surface area contributed by atoms with Gasteiger partial charge in [-0.2, -0.15) is 0 Å². The highest BCUT2D eigenvalue weighted by Gasteiger charge is 2.22. The number of rotatable bonds is 5. The van der Waals surface area contributed by atoms with Crippen LogP contribution in [0.2, 0.25) is 5.02 Å². The molecule has 0 fully saturated rings. The zero-order valence-corrected chi connectivity index (χ0v) is 12.4. The largest absolute Gasteiger partial charge is 0.311 e. The molecule has 1 N–H and O–H groups in total. The maximum Gasteiger partial charge on any atom is 0.0408 e. The van der Waals surface area contributed by atoms with Gasteiger partial charge in [0.05, 0.1) is 0 Å². The van der Waals surface area contributed by atoms with Crippen molar-refractivity contribution < 1.29 is 0 Å². The van der Waals surface area contributed by atoms with Crippen LogP contribution in [0.15, 0.2) is 18.2 Å². The summed E-state index contributed by atoms with van der Waals surface area (Å²) in [6.07, 6.45) is 4.81. The topological polar surface area (TPSA) is 12.0 Å². The predicted molar refractivity (Wildman–Crippen MR) is 79.3 cm³/mol. The van der Waals surface area contributed by atoms with Gasteiger partial charge in [0.2, 0.25) is 0 Å². The third kappa shape index (κ3) is 3.49. The van der Waals surface area contributed by atoms with E-state index in [9.17, 15) is 0 Å². The predicted octanol–water partition coefficient (Wildman–Crippen LogP) is 4.22. The van der Waals surface area contributed by atoms with Crippen molar-refractivity contribution in [3.05, 3.63) is 34.3 Å². The van der Waals surface area contributed by atoms with Crippen molar-refractivity contribution in [2.24, 2.45) is 5.92 Å². The lowest BCUT2D eigenvalue weighted by Gasteiger charge is -2.21. The van der Waals surface area contributed by atoms with E-state index in [0.29, 0.717) is 12.1 Å². The van der Waals surface area contributed by atoms with Crippen molar-refractivity contribution in [1.82, 2.24) is 5.32 Å². The molecular weight excluding hydrogens is 242 g/mol. The van der Waals surface area contributed by atoms with Crippen molar-refractivity contribution in [2.45, 2.75) is 58.5 Å². The standard InChI is InChI=1S/C16H24ClN/c1-4-11(2)7-12(3)18-16-9-13-5-6-15(17)8-14(13)10-16/h5-6,8,11-12,16,18H,4,7,9-10H2,1-3H3. The van der Waals surface area contributed by atoms with Crippen LogP contribution < -0.4 is 5.32 Å². The van der Waals surface area contributed by atoms with Gasteiger partial charge in [0.15, 0.2) is 0 Å². The fourth-order valence-electron chi connectivity index (χ4n) is 2.95. The van der Waals surface area contributed by atoms with Crippen LogP contribution in [-0.2, 0) is 12.8 Å². The van der Waals surface area contributed by atoms with Crippen molar-refractivity contribution in [3.8, 4) is 0 Å². The molecule has 18 heavy (non-hydrogen) atoms. The Bertz CT molecular complexity index is 402. The van der Waals surface area contributed by atoms with Gasteiger partial charge >= 0.3 is 0 Å². The van der Waals surface area contributed by atoms with E-state index < -0.39 is 0 Å². The van der Waals surface area contributed by atoms with Crippen LogP contribution in [0.3, 0.4) is 0 Å². The summed E-state index contributed by atoms with van der Waals surface area (Å²) in [6, 6.07) is 7.51. The Balaban J connectivity index is 1.87. The van der Waals surface area contributed by atoms with E-state index in [0.717, 1.165) is 23.8 Å². The Kier molecular flexibility index (Phi) is 4.69. The van der Waals surface area contributed by atoms with Crippen molar-refractivity contribution in [1.29, 1.82) is 0 Å². The summed E-state index contributed by atoms with van der Waals surface area (Å²) in [6.45, 7) is 6.91. The van der Waals surface area contributed by atoms with Gasteiger partial charge in [0, 0.05) is 17.1 Å². The molecule has 3 atom stereocenters. The van der Waals surface area contributed by atoms with Gasteiger partial charge in [-0.3, -0.25) is 0 Å². The molecule has 2 rings (SSSR count). The molecule has 0 aliphatic heterocycles. The number of hydrogen-bond acceptors (Lipinski definition) is 1. The van der Waals surface area contributed by atoms with Gasteiger partial charge in [-0.1, -0.05) is 37.9 Å². The summed E-state index contributed by atoms with van der Waals surface area (Å²) in [4.78, 5) is 0. The molecule has 0 spiro atoms. The Morgan fingerprint density at radius 2 is 2.00 bits per heavy atom. The molecule has 0 aromatic heterocycles. The van der Waals surface area contributed by atoms with E-state index in [1.54, 1.807) is 0 Å². The highest BCUT2D eigenvalue weighted by Crippen LogP contribution is 2.26. The summed E-state index contributed by atoms with van der Waals surface area (Å²) >= 11 is 6.04. The molecule has 100 valence electrons. The van der Waals surface area contributed by atoms with Gasteiger partial charge in [0.25, 0.3) is 0 Å². The van der Waals surface area contributed by atoms with E-state index in [4.69, 9.17) is 11.6 Å². The second kappa shape index (κ2) is 6.08. The first-order valence-corrected chi connectivity index (χ1v) is 7.49. The first-order chi connectivity index (χ1) is 8.58. The van der Waals surface area contributed by atoms with Gasteiger partial charge < -0.3 is 5.32 Å². The summed E-state index contributed by atoms with van der Waals surface area (Å²) in [5.41, 5.74) is 2.89. The van der Waals surface area contributed by atoms with Crippen LogP contribution in [-0.4, -0.2) is 12.1 Å². The maximum absolute atomic E-state index is 6.04. The quantitative estimate of drug-likeness (QED) is 0.841. The van der Waals surface area contributed by atoms with Crippen molar-refractivity contribution >= 4 is 11.6 Å². The second-order valence-electron chi connectivity index (χ2n) is 5.84. The number of benzene rings is 1. The molecule has 0 saturated heterocycles. The Morgan fingerprint density at radius 1 is 1.28 bits per heavy atom. The fourth-order valence-corrected chi connectivity index (χ4v) is 3.14. The first kappa shape index (κ1) is 13.9. The van der Waals surface area contributed by atoms with Crippen LogP contribution in [0.5, 0.6) is 0 Å². The lowest BCUT2D eigenvalue weighted by atomic mass is 9.99. The minimum absolute atomic E-state index is 0.595. The van der Waals surface area contributed by atoms with Gasteiger partial charge in [-0.05, 0) is 55.4 Å². The van der Waals surface area contributed by atoms with Crippen molar-refractivity contribution in [2.75, 3.05) is 0 Å². The highest BCUT2D eigenvalue weighted by atomic mass is 35.5. The molecule has 1 aliphatic rings. The molecule has 2 heteroatoms. The lowest BCUT2D eigenvalue weighted by molar-refractivity contribution is 0.376. The van der Waals surface area contributed by atoms with E-state index in [-0.39, 0.29) is 0 Å². The monoisotopic (exact) mass is 265 g/mol. The minimum Gasteiger partial charge on any atom is -0.311 e. The molecule has 0 saturated carbocycles. The summed E-state index contributed by atoms with van der Waals surface area (Å²) in [5.74, 6) is 0.811. The van der Waals surface area contributed by atoms with Crippen LogP contribution in [0, 0.1) is 5.92 Å². The van der Waals surface area contributed by atoms with E-state index in [1.807, 2.05) is 6.07 Å². The summed E-state index contributed by atoms with van der Waals surface area (Å²) in [5, 5.41) is 4.63. The SMILES string of the molecule is CCC(C)CC(C)NC1Cc2ccc(Cl)cc2C1. The minimum atomic E-state index is 0.595. The van der Waals surface area contributed by atoms with Crippen LogP contribution in [0.1, 0.15) is 44.7 Å². The zero-order chi connectivity index (χ0) is 13.1. The smallest absolute Gasteiger partial charge is 0.0408 e. The maximum atomic E-state index is 6.04. The Hall–Kier alpha value is -0.530. The van der Waals surface area contributed by atoms with Crippen molar-refractivity contribution in [3.63, 3.8) is 0 Å². The second-order valence-corrected chi connectivity index (χ2v) is 6.27. The molecule has 0 amide bonds. The Morgan fingerprint density at radius 3 is 2.72 bits per heavy atom. The molecule has 3 unspecified atom stereocenters. The van der Waals surface area contributed by atoms with E-state index >= 15 is 0 Å². The average Bonchev–Trinajstić information content (AvgIpc) is 2.69. The number of halogens is 1. The number of nitrogens with one attached hydrogen (secondary N) is 1. The van der Waals surface area contributed by atoms with Gasteiger partial charge in [-0.15, -0.1) is 0 Å². The van der Waals surface area contributed by atoms with Gasteiger partial charge in [0.1, 0.15) is 0 Å². The summed E-state index contributed by atoms with van der Waals surface area (Å²) < 4.78 is 0. The number of fused-ring (bicyclic) bond motifs is 1. The summed E-state index contributed by atoms with van der Waals surface area (Å²) in [7, 11) is 0. The fraction of sp³-hybridized carbons (Fsp3) is 0.625. The first-order valence-electron chi connectivity index (χ1n) is 7.11. The molecule has 0 radical (unpaired) electrons. The van der Waals surface area contributed by atoms with Crippen LogP contribution in [0.4, 0.5) is 0 Å².